The fourth-order valence-corrected chi connectivity index (χ4v) is 2.60. The van der Waals surface area contributed by atoms with Gasteiger partial charge in [0, 0.05) is 20.7 Å². The molecular formula is C17H11BrClNO. The normalized spacial score (nSPS) is 10.6. The molecule has 3 aromatic rings. The van der Waals surface area contributed by atoms with Crippen LogP contribution in [-0.2, 0) is 0 Å². The molecule has 0 aliphatic carbocycles. The van der Waals surface area contributed by atoms with Crippen LogP contribution >= 0.6 is 27.5 Å². The lowest BCUT2D eigenvalue weighted by Gasteiger charge is -2.07. The molecule has 0 aromatic heterocycles. The molecule has 104 valence electrons. The van der Waals surface area contributed by atoms with Crippen molar-refractivity contribution in [3.8, 4) is 0 Å². The third kappa shape index (κ3) is 3.26. The Kier molecular flexibility index (Phi) is 3.95. The number of hydrogen-bond acceptors (Lipinski definition) is 1. The number of hydrogen-bond donors (Lipinski definition) is 1. The summed E-state index contributed by atoms with van der Waals surface area (Å²) in [7, 11) is 0. The van der Waals surface area contributed by atoms with E-state index in [1.807, 2.05) is 36.4 Å². The Hall–Kier alpha value is -1.84. The maximum Gasteiger partial charge on any atom is 0.255 e. The second-order valence-corrected chi connectivity index (χ2v) is 6.02. The van der Waals surface area contributed by atoms with Crippen molar-refractivity contribution in [2.75, 3.05) is 5.32 Å². The third-order valence-electron chi connectivity index (χ3n) is 3.17. The molecule has 0 saturated heterocycles. The van der Waals surface area contributed by atoms with Crippen LogP contribution in [0, 0.1) is 0 Å². The maximum atomic E-state index is 12.2. The average molecular weight is 361 g/mol. The summed E-state index contributed by atoms with van der Waals surface area (Å²) >= 11 is 9.27. The number of rotatable bonds is 2. The topological polar surface area (TPSA) is 29.1 Å². The smallest absolute Gasteiger partial charge is 0.255 e. The predicted octanol–water partition coefficient (Wildman–Crippen LogP) is 5.51. The lowest BCUT2D eigenvalue weighted by atomic mass is 10.1. The molecular weight excluding hydrogens is 350 g/mol. The third-order valence-corrected chi connectivity index (χ3v) is 3.91. The lowest BCUT2D eigenvalue weighted by molar-refractivity contribution is 0.102. The first-order valence-electron chi connectivity index (χ1n) is 6.38. The van der Waals surface area contributed by atoms with Crippen LogP contribution in [0.1, 0.15) is 10.4 Å². The molecule has 0 atom stereocenters. The minimum absolute atomic E-state index is 0.150. The second-order valence-electron chi connectivity index (χ2n) is 4.67. The minimum atomic E-state index is -0.150. The average Bonchev–Trinajstić information content (AvgIpc) is 2.48. The molecule has 21 heavy (non-hydrogen) atoms. The summed E-state index contributed by atoms with van der Waals surface area (Å²) in [6, 6.07) is 18.7. The van der Waals surface area contributed by atoms with E-state index in [2.05, 4.69) is 21.2 Å². The highest BCUT2D eigenvalue weighted by Crippen LogP contribution is 2.23. The quantitative estimate of drug-likeness (QED) is 0.641. The Labute approximate surface area is 135 Å². The van der Waals surface area contributed by atoms with Crippen molar-refractivity contribution in [1.29, 1.82) is 0 Å². The van der Waals surface area contributed by atoms with E-state index in [0.717, 1.165) is 20.9 Å². The van der Waals surface area contributed by atoms with Crippen LogP contribution < -0.4 is 5.32 Å². The first-order chi connectivity index (χ1) is 10.1. The summed E-state index contributed by atoms with van der Waals surface area (Å²) in [4.78, 5) is 12.2. The van der Waals surface area contributed by atoms with Crippen molar-refractivity contribution in [2.45, 2.75) is 0 Å². The molecule has 1 amide bonds. The largest absolute Gasteiger partial charge is 0.322 e. The van der Waals surface area contributed by atoms with E-state index < -0.39 is 0 Å². The number of benzene rings is 3. The Balaban J connectivity index is 1.85. The Morgan fingerprint density at radius 3 is 2.33 bits per heavy atom. The van der Waals surface area contributed by atoms with Gasteiger partial charge in [0.15, 0.2) is 0 Å². The summed E-state index contributed by atoms with van der Waals surface area (Å²) in [5.41, 5.74) is 1.35. The molecule has 1 N–H and O–H groups in total. The molecule has 0 bridgehead atoms. The monoisotopic (exact) mass is 359 g/mol. The first kappa shape index (κ1) is 14.1. The van der Waals surface area contributed by atoms with Crippen LogP contribution in [0.25, 0.3) is 10.8 Å². The van der Waals surface area contributed by atoms with Gasteiger partial charge in [-0.05, 0) is 59.3 Å². The van der Waals surface area contributed by atoms with Crippen molar-refractivity contribution in [1.82, 2.24) is 0 Å². The van der Waals surface area contributed by atoms with Gasteiger partial charge in [0.2, 0.25) is 0 Å². The summed E-state index contributed by atoms with van der Waals surface area (Å²) in [6.07, 6.45) is 0. The zero-order valence-corrected chi connectivity index (χ0v) is 13.3. The zero-order chi connectivity index (χ0) is 14.8. The van der Waals surface area contributed by atoms with Gasteiger partial charge in [0.05, 0.1) is 0 Å². The van der Waals surface area contributed by atoms with Crippen LogP contribution in [0.3, 0.4) is 0 Å². The predicted molar refractivity (Wildman–Crippen MR) is 91.1 cm³/mol. The van der Waals surface area contributed by atoms with E-state index in [9.17, 15) is 4.79 Å². The van der Waals surface area contributed by atoms with Crippen molar-refractivity contribution in [3.05, 3.63) is 75.7 Å². The highest BCUT2D eigenvalue weighted by Gasteiger charge is 2.06. The summed E-state index contributed by atoms with van der Waals surface area (Å²) in [6.45, 7) is 0. The van der Waals surface area contributed by atoms with Crippen LogP contribution in [0.5, 0.6) is 0 Å². The molecule has 2 nitrogen and oxygen atoms in total. The van der Waals surface area contributed by atoms with Crippen LogP contribution in [0.4, 0.5) is 5.69 Å². The zero-order valence-electron chi connectivity index (χ0n) is 10.9. The summed E-state index contributed by atoms with van der Waals surface area (Å²) in [5.74, 6) is -0.150. The number of carbonyl (C=O) groups excluding carboxylic acids is 1. The number of halogens is 2. The lowest BCUT2D eigenvalue weighted by Crippen LogP contribution is -2.11. The van der Waals surface area contributed by atoms with Gasteiger partial charge in [-0.2, -0.15) is 0 Å². The maximum absolute atomic E-state index is 12.2. The Morgan fingerprint density at radius 1 is 0.905 bits per heavy atom. The molecule has 0 radical (unpaired) electrons. The fraction of sp³-hybridized carbons (Fsp3) is 0. The van der Waals surface area contributed by atoms with Crippen molar-refractivity contribution < 1.29 is 4.79 Å². The van der Waals surface area contributed by atoms with Gasteiger partial charge in [-0.25, -0.2) is 0 Å². The van der Waals surface area contributed by atoms with Crippen LogP contribution in [-0.4, -0.2) is 5.91 Å². The van der Waals surface area contributed by atoms with Gasteiger partial charge in [0.25, 0.3) is 5.91 Å². The van der Waals surface area contributed by atoms with Crippen molar-refractivity contribution >= 4 is 49.9 Å². The van der Waals surface area contributed by atoms with Gasteiger partial charge in [-0.3, -0.25) is 4.79 Å². The minimum Gasteiger partial charge on any atom is -0.322 e. The number of carbonyl (C=O) groups is 1. The molecule has 3 rings (SSSR count). The standard InChI is InChI=1S/C17H11BrClNO/c18-14-5-1-13-10-16(8-4-12(13)9-14)20-17(21)11-2-6-15(19)7-3-11/h1-10H,(H,20,21). The molecule has 0 fully saturated rings. The van der Waals surface area contributed by atoms with E-state index in [1.54, 1.807) is 24.3 Å². The van der Waals surface area contributed by atoms with Crippen LogP contribution in [0.2, 0.25) is 5.02 Å². The van der Waals surface area contributed by atoms with E-state index >= 15 is 0 Å². The highest BCUT2D eigenvalue weighted by molar-refractivity contribution is 9.10. The Morgan fingerprint density at radius 2 is 1.57 bits per heavy atom. The van der Waals surface area contributed by atoms with E-state index in [0.29, 0.717) is 10.6 Å². The van der Waals surface area contributed by atoms with Gasteiger partial charge in [-0.1, -0.05) is 39.7 Å². The molecule has 0 aliphatic rings. The fourth-order valence-electron chi connectivity index (χ4n) is 2.10. The summed E-state index contributed by atoms with van der Waals surface area (Å²) in [5, 5.41) is 5.70. The van der Waals surface area contributed by atoms with Crippen molar-refractivity contribution in [3.63, 3.8) is 0 Å². The molecule has 0 aliphatic heterocycles. The van der Waals surface area contributed by atoms with Gasteiger partial charge >= 0.3 is 0 Å². The van der Waals surface area contributed by atoms with Gasteiger partial charge in [0.1, 0.15) is 0 Å². The molecule has 0 heterocycles. The van der Waals surface area contributed by atoms with E-state index in [-0.39, 0.29) is 5.91 Å². The van der Waals surface area contributed by atoms with Gasteiger partial charge < -0.3 is 5.32 Å². The number of nitrogens with one attached hydrogen (secondary N) is 1. The van der Waals surface area contributed by atoms with E-state index in [1.165, 1.54) is 0 Å². The van der Waals surface area contributed by atoms with Crippen LogP contribution in [0.15, 0.2) is 65.1 Å². The summed E-state index contributed by atoms with van der Waals surface area (Å²) < 4.78 is 1.04. The number of fused-ring (bicyclic) bond motifs is 1. The molecule has 4 heteroatoms. The SMILES string of the molecule is O=C(Nc1ccc2cc(Br)ccc2c1)c1ccc(Cl)cc1. The molecule has 0 saturated carbocycles. The highest BCUT2D eigenvalue weighted by atomic mass is 79.9. The first-order valence-corrected chi connectivity index (χ1v) is 7.55. The van der Waals surface area contributed by atoms with E-state index in [4.69, 9.17) is 11.6 Å². The second kappa shape index (κ2) is 5.88. The Bertz CT molecular complexity index is 815. The van der Waals surface area contributed by atoms with Crippen molar-refractivity contribution in [2.24, 2.45) is 0 Å². The number of anilines is 1. The molecule has 0 spiro atoms. The number of amides is 1. The van der Waals surface area contributed by atoms with Gasteiger partial charge in [-0.15, -0.1) is 0 Å². The molecule has 0 unspecified atom stereocenters. The molecule has 3 aromatic carbocycles.